The zero-order chi connectivity index (χ0) is 12.3. The molecular weight excluding hydrogens is 216 g/mol. The Morgan fingerprint density at radius 1 is 1.53 bits per heavy atom. The fourth-order valence-corrected chi connectivity index (χ4v) is 2.18. The smallest absolute Gasteiger partial charge is 0.152 e. The van der Waals surface area contributed by atoms with Crippen LogP contribution in [0.5, 0.6) is 0 Å². The average Bonchev–Trinajstić information content (AvgIpc) is 2.67. The van der Waals surface area contributed by atoms with E-state index in [9.17, 15) is 4.79 Å². The molecule has 0 amide bonds. The maximum atomic E-state index is 11.8. The second-order valence-electron chi connectivity index (χ2n) is 4.81. The number of nitrogens with two attached hydrogens (primary N) is 1. The Morgan fingerprint density at radius 2 is 2.24 bits per heavy atom. The highest BCUT2D eigenvalue weighted by Crippen LogP contribution is 2.08. The summed E-state index contributed by atoms with van der Waals surface area (Å²) in [6.45, 7) is 2.41. The van der Waals surface area contributed by atoms with Crippen molar-refractivity contribution in [1.82, 2.24) is 14.7 Å². The van der Waals surface area contributed by atoms with Crippen molar-refractivity contribution in [2.24, 2.45) is 12.8 Å². The molecule has 5 heteroatoms. The minimum atomic E-state index is 0.235. The first kappa shape index (κ1) is 12.3. The number of piperidine rings is 1. The lowest BCUT2D eigenvalue weighted by Crippen LogP contribution is -2.42. The third-order valence-electron chi connectivity index (χ3n) is 3.18. The van der Waals surface area contributed by atoms with E-state index < -0.39 is 0 Å². The fourth-order valence-electron chi connectivity index (χ4n) is 2.18. The van der Waals surface area contributed by atoms with Gasteiger partial charge in [0.15, 0.2) is 5.78 Å². The van der Waals surface area contributed by atoms with E-state index in [1.807, 2.05) is 19.3 Å². The van der Waals surface area contributed by atoms with Crippen LogP contribution in [0.25, 0.3) is 0 Å². The minimum absolute atomic E-state index is 0.235. The molecule has 2 rings (SSSR count). The van der Waals surface area contributed by atoms with Gasteiger partial charge < -0.3 is 5.73 Å². The van der Waals surface area contributed by atoms with Gasteiger partial charge in [-0.25, -0.2) is 0 Å². The summed E-state index contributed by atoms with van der Waals surface area (Å²) in [5.41, 5.74) is 6.68. The molecule has 17 heavy (non-hydrogen) atoms. The highest BCUT2D eigenvalue weighted by molar-refractivity contribution is 5.82. The van der Waals surface area contributed by atoms with Crippen LogP contribution < -0.4 is 5.73 Å². The fraction of sp³-hybridized carbons (Fsp3) is 0.667. The van der Waals surface area contributed by atoms with Gasteiger partial charge in [-0.2, -0.15) is 5.10 Å². The van der Waals surface area contributed by atoms with Gasteiger partial charge in [0.2, 0.25) is 0 Å². The molecule has 0 atom stereocenters. The van der Waals surface area contributed by atoms with Crippen LogP contribution in [0.2, 0.25) is 0 Å². The van der Waals surface area contributed by atoms with Crippen LogP contribution in [0.1, 0.15) is 18.5 Å². The SMILES string of the molecule is Cn1ccc(CC(=O)CN2CCC(N)CC2)n1. The third kappa shape index (κ3) is 3.64. The maximum absolute atomic E-state index is 11.8. The summed E-state index contributed by atoms with van der Waals surface area (Å²) in [4.78, 5) is 14.0. The quantitative estimate of drug-likeness (QED) is 0.796. The summed E-state index contributed by atoms with van der Waals surface area (Å²) in [5, 5.41) is 4.21. The number of hydrogen-bond donors (Lipinski definition) is 1. The van der Waals surface area contributed by atoms with E-state index in [-0.39, 0.29) is 5.78 Å². The Hall–Kier alpha value is -1.20. The van der Waals surface area contributed by atoms with Crippen molar-refractivity contribution in [1.29, 1.82) is 0 Å². The normalized spacial score (nSPS) is 18.5. The van der Waals surface area contributed by atoms with Crippen LogP contribution in [-0.4, -0.2) is 46.1 Å². The van der Waals surface area contributed by atoms with E-state index in [2.05, 4.69) is 10.00 Å². The van der Waals surface area contributed by atoms with Crippen molar-refractivity contribution in [3.05, 3.63) is 18.0 Å². The highest BCUT2D eigenvalue weighted by atomic mass is 16.1. The first-order valence-corrected chi connectivity index (χ1v) is 6.11. The molecule has 5 nitrogen and oxygen atoms in total. The highest BCUT2D eigenvalue weighted by Gasteiger charge is 2.18. The molecule has 0 bridgehead atoms. The molecule has 0 saturated carbocycles. The zero-order valence-electron chi connectivity index (χ0n) is 10.3. The average molecular weight is 236 g/mol. The van der Waals surface area contributed by atoms with Crippen molar-refractivity contribution in [2.45, 2.75) is 25.3 Å². The number of nitrogens with zero attached hydrogens (tertiary/aromatic N) is 3. The van der Waals surface area contributed by atoms with Crippen LogP contribution in [0, 0.1) is 0 Å². The molecular formula is C12H20N4O. The van der Waals surface area contributed by atoms with Gasteiger partial charge in [0.1, 0.15) is 0 Å². The summed E-state index contributed by atoms with van der Waals surface area (Å²) in [7, 11) is 1.86. The lowest BCUT2D eigenvalue weighted by Gasteiger charge is -2.29. The van der Waals surface area contributed by atoms with Crippen LogP contribution in [0.3, 0.4) is 0 Å². The second-order valence-corrected chi connectivity index (χ2v) is 4.81. The van der Waals surface area contributed by atoms with E-state index in [1.54, 1.807) is 4.68 Å². The number of hydrogen-bond acceptors (Lipinski definition) is 4. The molecule has 1 aromatic rings. The van der Waals surface area contributed by atoms with Gasteiger partial charge in [-0.05, 0) is 18.9 Å². The third-order valence-corrected chi connectivity index (χ3v) is 3.18. The molecule has 1 fully saturated rings. The van der Waals surface area contributed by atoms with Gasteiger partial charge in [-0.3, -0.25) is 14.4 Å². The van der Waals surface area contributed by atoms with E-state index in [1.165, 1.54) is 0 Å². The predicted octanol–water partition coefficient (Wildman–Crippen LogP) is -0.0452. The molecule has 0 unspecified atom stereocenters. The first-order valence-electron chi connectivity index (χ1n) is 6.11. The van der Waals surface area contributed by atoms with Crippen molar-refractivity contribution in [2.75, 3.05) is 19.6 Å². The summed E-state index contributed by atoms with van der Waals surface area (Å²) in [6, 6.07) is 2.21. The largest absolute Gasteiger partial charge is 0.328 e. The molecule has 2 N–H and O–H groups in total. The lowest BCUT2D eigenvalue weighted by atomic mass is 10.1. The van der Waals surface area contributed by atoms with Gasteiger partial charge >= 0.3 is 0 Å². The Balaban J connectivity index is 1.77. The summed E-state index contributed by atoms with van der Waals surface area (Å²) >= 11 is 0. The Kier molecular flexibility index (Phi) is 3.91. The lowest BCUT2D eigenvalue weighted by molar-refractivity contribution is -0.119. The van der Waals surface area contributed by atoms with Gasteiger partial charge in [-0.1, -0.05) is 0 Å². The predicted molar refractivity (Wildman–Crippen MR) is 65.6 cm³/mol. The number of rotatable bonds is 4. The van der Waals surface area contributed by atoms with Crippen molar-refractivity contribution in [3.8, 4) is 0 Å². The number of carbonyl (C=O) groups is 1. The number of likely N-dealkylation sites (tertiary alicyclic amines) is 1. The summed E-state index contributed by atoms with van der Waals surface area (Å²) < 4.78 is 1.72. The zero-order valence-corrected chi connectivity index (χ0v) is 10.3. The standard InChI is InChI=1S/C12H20N4O/c1-15-5-4-11(14-15)8-12(17)9-16-6-2-10(13)3-7-16/h4-5,10H,2-3,6-9,13H2,1H3. The van der Waals surface area contributed by atoms with Crippen molar-refractivity contribution < 1.29 is 4.79 Å². The number of aromatic nitrogens is 2. The van der Waals surface area contributed by atoms with Crippen molar-refractivity contribution in [3.63, 3.8) is 0 Å². The number of ketones is 1. The number of carbonyl (C=O) groups excluding carboxylic acids is 1. The van der Waals surface area contributed by atoms with E-state index in [0.29, 0.717) is 19.0 Å². The molecule has 1 aromatic heterocycles. The minimum Gasteiger partial charge on any atom is -0.328 e. The Labute approximate surface area is 102 Å². The van der Waals surface area contributed by atoms with E-state index in [0.717, 1.165) is 31.6 Å². The topological polar surface area (TPSA) is 64.2 Å². The summed E-state index contributed by atoms with van der Waals surface area (Å²) in [6.07, 6.45) is 4.29. The van der Waals surface area contributed by atoms with Gasteiger partial charge in [-0.15, -0.1) is 0 Å². The first-order chi connectivity index (χ1) is 8.13. The molecule has 2 heterocycles. The maximum Gasteiger partial charge on any atom is 0.152 e. The van der Waals surface area contributed by atoms with E-state index in [4.69, 9.17) is 5.73 Å². The van der Waals surface area contributed by atoms with Crippen LogP contribution >= 0.6 is 0 Å². The number of aryl methyl sites for hydroxylation is 1. The van der Waals surface area contributed by atoms with Crippen LogP contribution in [0.4, 0.5) is 0 Å². The molecule has 1 aliphatic rings. The molecule has 94 valence electrons. The molecule has 0 aliphatic carbocycles. The van der Waals surface area contributed by atoms with Gasteiger partial charge in [0.05, 0.1) is 18.7 Å². The Bertz CT molecular complexity index is 380. The number of Topliss-reactive ketones (excluding diaryl/α,β-unsaturated/α-hetero) is 1. The molecule has 0 radical (unpaired) electrons. The monoisotopic (exact) mass is 236 g/mol. The molecule has 0 aromatic carbocycles. The summed E-state index contributed by atoms with van der Waals surface area (Å²) in [5.74, 6) is 0.235. The van der Waals surface area contributed by atoms with E-state index >= 15 is 0 Å². The van der Waals surface area contributed by atoms with Gasteiger partial charge in [0, 0.05) is 32.4 Å². The molecule has 1 aliphatic heterocycles. The molecule has 0 spiro atoms. The second kappa shape index (κ2) is 5.42. The van der Waals surface area contributed by atoms with Gasteiger partial charge in [0.25, 0.3) is 0 Å². The molecule has 1 saturated heterocycles. The van der Waals surface area contributed by atoms with Crippen LogP contribution in [-0.2, 0) is 18.3 Å². The van der Waals surface area contributed by atoms with Crippen molar-refractivity contribution >= 4 is 5.78 Å². The van der Waals surface area contributed by atoms with Crippen LogP contribution in [0.15, 0.2) is 12.3 Å². The Morgan fingerprint density at radius 3 is 2.82 bits per heavy atom.